The molecule has 2 aromatic carbocycles. The molecule has 2 heterocycles. The number of carbonyl (C=O) groups excluding carboxylic acids is 2. The lowest BCUT2D eigenvalue weighted by Gasteiger charge is -2.09. The van der Waals surface area contributed by atoms with Crippen LogP contribution in [0.3, 0.4) is 0 Å². The van der Waals surface area contributed by atoms with Crippen LogP contribution >= 0.6 is 27.3 Å². The predicted molar refractivity (Wildman–Crippen MR) is 140 cm³/mol. The maximum atomic E-state index is 14.2. The lowest BCUT2D eigenvalue weighted by molar-refractivity contribution is -0.116. The number of anilines is 2. The van der Waals surface area contributed by atoms with E-state index >= 15 is 0 Å². The zero-order valence-electron chi connectivity index (χ0n) is 19.5. The average molecular weight is 575 g/mol. The number of halogens is 3. The molecule has 36 heavy (non-hydrogen) atoms. The molecular formula is C25H21BrF2N4O3S. The first kappa shape index (κ1) is 25.6. The van der Waals surface area contributed by atoms with Crippen molar-refractivity contribution in [2.24, 2.45) is 0 Å². The van der Waals surface area contributed by atoms with Gasteiger partial charge >= 0.3 is 0 Å². The van der Waals surface area contributed by atoms with Gasteiger partial charge in [-0.25, -0.2) is 13.8 Å². The lowest BCUT2D eigenvalue weighted by Crippen LogP contribution is -2.28. The summed E-state index contributed by atoms with van der Waals surface area (Å²) in [5.74, 6) is -2.45. The Balaban J connectivity index is 1.56. The highest BCUT2D eigenvalue weighted by Crippen LogP contribution is 2.31. The molecule has 0 radical (unpaired) electrons. The Labute approximate surface area is 217 Å². The number of nitrogens with zero attached hydrogens (tertiary/aromatic N) is 2. The number of benzene rings is 2. The summed E-state index contributed by atoms with van der Waals surface area (Å²) in [6, 6.07) is 9.14. The fraction of sp³-hybridized carbons (Fsp3) is 0.200. The second kappa shape index (κ2) is 10.3. The minimum atomic E-state index is -0.945. The van der Waals surface area contributed by atoms with Crippen LogP contribution in [0, 0.1) is 18.6 Å². The van der Waals surface area contributed by atoms with E-state index in [9.17, 15) is 23.2 Å². The number of fused-ring (bicyclic) bond motifs is 1. The first-order valence-corrected chi connectivity index (χ1v) is 12.5. The van der Waals surface area contributed by atoms with Crippen molar-refractivity contribution in [2.75, 3.05) is 10.6 Å². The molecule has 0 aliphatic rings. The summed E-state index contributed by atoms with van der Waals surface area (Å²) in [6.45, 7) is 5.46. The van der Waals surface area contributed by atoms with E-state index in [4.69, 9.17) is 0 Å². The van der Waals surface area contributed by atoms with Crippen molar-refractivity contribution in [1.82, 2.24) is 9.55 Å². The predicted octanol–water partition coefficient (Wildman–Crippen LogP) is 5.82. The summed E-state index contributed by atoms with van der Waals surface area (Å²) in [7, 11) is 0. The van der Waals surface area contributed by atoms with E-state index in [0.717, 1.165) is 27.5 Å². The third-order valence-corrected chi connectivity index (χ3v) is 7.37. The molecule has 0 fully saturated rings. The normalized spacial score (nSPS) is 11.2. The molecule has 0 bridgehead atoms. The Bertz CT molecular complexity index is 1520. The maximum absolute atomic E-state index is 14.2. The molecule has 0 aliphatic heterocycles. The largest absolute Gasteiger partial charge is 0.325 e. The smallest absolute Gasteiger partial charge is 0.266 e. The summed E-state index contributed by atoms with van der Waals surface area (Å²) in [4.78, 5) is 43.2. The molecule has 7 nitrogen and oxygen atoms in total. The molecule has 11 heteroatoms. The number of thiophene rings is 1. The first-order chi connectivity index (χ1) is 17.0. The molecule has 4 aromatic rings. The standard InChI is InChI=1S/C25H21BrF2N4O3S/c1-12(2)14-4-6-16(7-5-14)30-19(33)10-32-11-29-24-20(25(32)35)13(3)22(36-24)23(34)31-21-17(26)8-15(27)9-18(21)28/h4-9,11-12H,10H2,1-3H3,(H,30,33)(H,31,34). The number of carbonyl (C=O) groups is 2. The summed E-state index contributed by atoms with van der Waals surface area (Å²) in [5.41, 5.74) is 1.40. The van der Waals surface area contributed by atoms with Gasteiger partial charge in [-0.3, -0.25) is 19.0 Å². The number of amides is 2. The van der Waals surface area contributed by atoms with Gasteiger partial charge in [-0.2, -0.15) is 0 Å². The fourth-order valence-corrected chi connectivity index (χ4v) is 5.17. The van der Waals surface area contributed by atoms with Crippen molar-refractivity contribution in [1.29, 1.82) is 0 Å². The van der Waals surface area contributed by atoms with Crippen LogP contribution in [0.2, 0.25) is 0 Å². The number of aromatic nitrogens is 2. The Morgan fingerprint density at radius 1 is 1.14 bits per heavy atom. The maximum Gasteiger partial charge on any atom is 0.266 e. The zero-order chi connectivity index (χ0) is 26.1. The number of aryl methyl sites for hydroxylation is 1. The Morgan fingerprint density at radius 3 is 2.47 bits per heavy atom. The topological polar surface area (TPSA) is 93.1 Å². The highest BCUT2D eigenvalue weighted by molar-refractivity contribution is 9.10. The van der Waals surface area contributed by atoms with Crippen LogP contribution in [0.1, 0.15) is 40.6 Å². The van der Waals surface area contributed by atoms with E-state index in [-0.39, 0.29) is 27.0 Å². The van der Waals surface area contributed by atoms with Crippen molar-refractivity contribution in [3.8, 4) is 0 Å². The van der Waals surface area contributed by atoms with Gasteiger partial charge in [0.25, 0.3) is 11.5 Å². The number of hydrogen-bond donors (Lipinski definition) is 2. The molecule has 0 saturated carbocycles. The molecule has 0 saturated heterocycles. The van der Waals surface area contributed by atoms with Crippen LogP contribution in [-0.4, -0.2) is 21.4 Å². The third-order valence-electron chi connectivity index (χ3n) is 5.54. The molecule has 186 valence electrons. The van der Waals surface area contributed by atoms with Crippen molar-refractivity contribution >= 4 is 60.7 Å². The molecule has 0 unspecified atom stereocenters. The fourth-order valence-electron chi connectivity index (χ4n) is 3.63. The van der Waals surface area contributed by atoms with Crippen LogP contribution in [0.5, 0.6) is 0 Å². The average Bonchev–Trinajstić information content (AvgIpc) is 3.15. The molecule has 0 atom stereocenters. The van der Waals surface area contributed by atoms with Crippen LogP contribution in [0.25, 0.3) is 10.2 Å². The van der Waals surface area contributed by atoms with Crippen molar-refractivity contribution in [3.05, 3.63) is 85.2 Å². The lowest BCUT2D eigenvalue weighted by atomic mass is 10.0. The van der Waals surface area contributed by atoms with Crippen LogP contribution in [0.4, 0.5) is 20.2 Å². The minimum absolute atomic E-state index is 0.0393. The number of rotatable bonds is 6. The molecule has 2 aromatic heterocycles. The SMILES string of the molecule is Cc1c(C(=O)Nc2c(F)cc(F)cc2Br)sc2ncn(CC(=O)Nc3ccc(C(C)C)cc3)c(=O)c12. The molecular weight excluding hydrogens is 554 g/mol. The van der Waals surface area contributed by atoms with E-state index in [0.29, 0.717) is 28.1 Å². The zero-order valence-corrected chi connectivity index (χ0v) is 21.9. The van der Waals surface area contributed by atoms with Gasteiger partial charge in [-0.15, -0.1) is 11.3 Å². The van der Waals surface area contributed by atoms with Gasteiger partial charge in [-0.1, -0.05) is 26.0 Å². The monoisotopic (exact) mass is 574 g/mol. The quantitative estimate of drug-likeness (QED) is 0.303. The van der Waals surface area contributed by atoms with E-state index in [1.54, 1.807) is 19.1 Å². The molecule has 4 rings (SSSR count). The Hall–Kier alpha value is -3.44. The van der Waals surface area contributed by atoms with Crippen LogP contribution in [0.15, 0.2) is 52.0 Å². The summed E-state index contributed by atoms with van der Waals surface area (Å²) < 4.78 is 28.7. The molecule has 0 aliphatic carbocycles. The van der Waals surface area contributed by atoms with Crippen LogP contribution in [-0.2, 0) is 11.3 Å². The van der Waals surface area contributed by atoms with Crippen molar-refractivity contribution in [2.45, 2.75) is 33.2 Å². The van der Waals surface area contributed by atoms with Crippen LogP contribution < -0.4 is 16.2 Å². The van der Waals surface area contributed by atoms with Gasteiger partial charge < -0.3 is 10.6 Å². The van der Waals surface area contributed by atoms with Gasteiger partial charge in [0.2, 0.25) is 5.91 Å². The number of hydrogen-bond acceptors (Lipinski definition) is 5. The van der Waals surface area contributed by atoms with Gasteiger partial charge in [0, 0.05) is 16.2 Å². The summed E-state index contributed by atoms with van der Waals surface area (Å²) >= 11 is 4.00. The van der Waals surface area contributed by atoms with Gasteiger partial charge in [0.05, 0.1) is 22.3 Å². The summed E-state index contributed by atoms with van der Waals surface area (Å²) in [5, 5.41) is 5.36. The second-order valence-corrected chi connectivity index (χ2v) is 10.3. The van der Waals surface area contributed by atoms with E-state index in [1.165, 1.54) is 6.33 Å². The molecule has 2 N–H and O–H groups in total. The Morgan fingerprint density at radius 2 is 1.83 bits per heavy atom. The molecule has 2 amide bonds. The second-order valence-electron chi connectivity index (χ2n) is 8.44. The minimum Gasteiger partial charge on any atom is -0.325 e. The van der Waals surface area contributed by atoms with Crippen molar-refractivity contribution in [3.63, 3.8) is 0 Å². The van der Waals surface area contributed by atoms with E-state index in [2.05, 4.69) is 45.4 Å². The van der Waals surface area contributed by atoms with Crippen molar-refractivity contribution < 1.29 is 18.4 Å². The van der Waals surface area contributed by atoms with Gasteiger partial charge in [-0.05, 0) is 58.1 Å². The molecule has 0 spiro atoms. The Kier molecular flexibility index (Phi) is 7.32. The third kappa shape index (κ3) is 5.21. The van der Waals surface area contributed by atoms with E-state index < -0.39 is 29.0 Å². The number of nitrogens with one attached hydrogen (secondary N) is 2. The van der Waals surface area contributed by atoms with E-state index in [1.807, 2.05) is 12.1 Å². The van der Waals surface area contributed by atoms with Gasteiger partial charge in [0.15, 0.2) is 5.82 Å². The summed E-state index contributed by atoms with van der Waals surface area (Å²) in [6.07, 6.45) is 1.25. The van der Waals surface area contributed by atoms with Gasteiger partial charge in [0.1, 0.15) is 17.2 Å². The first-order valence-electron chi connectivity index (χ1n) is 10.9. The highest BCUT2D eigenvalue weighted by atomic mass is 79.9. The highest BCUT2D eigenvalue weighted by Gasteiger charge is 2.22.